The van der Waals surface area contributed by atoms with Crippen LogP contribution in [0.15, 0.2) is 36.4 Å². The second-order valence-electron chi connectivity index (χ2n) is 4.18. The molecule has 95 valence electrons. The van der Waals surface area contributed by atoms with Gasteiger partial charge in [-0.25, -0.2) is 8.78 Å². The Morgan fingerprint density at radius 2 is 1.89 bits per heavy atom. The molecule has 1 N–H and O–H groups in total. The first-order chi connectivity index (χ1) is 9.17. The largest absolute Gasteiger partial charge is 0.496 e. The Balaban J connectivity index is 2.09. The Bertz CT molecular complexity index is 693. The number of rotatable bonds is 2. The molecule has 1 radical (unpaired) electrons. The standard InChI is InChI=1S/C15H10F2NO/c1-19-11-4-2-9(3-5-11)14-7-10-6-12(16)13(17)8-15(10)18-14/h2-4,6-8,18H,1H3. The molecule has 2 aromatic carbocycles. The molecule has 0 aliphatic carbocycles. The summed E-state index contributed by atoms with van der Waals surface area (Å²) < 4.78 is 31.3. The van der Waals surface area contributed by atoms with Crippen LogP contribution >= 0.6 is 0 Å². The van der Waals surface area contributed by atoms with Crippen LogP contribution in [0.5, 0.6) is 5.75 Å². The van der Waals surface area contributed by atoms with Gasteiger partial charge in [-0.1, -0.05) is 0 Å². The molecule has 0 saturated heterocycles. The molecule has 0 amide bonds. The average Bonchev–Trinajstić information content (AvgIpc) is 2.82. The number of ether oxygens (including phenoxy) is 1. The third kappa shape index (κ3) is 2.05. The quantitative estimate of drug-likeness (QED) is 0.740. The van der Waals surface area contributed by atoms with Crippen molar-refractivity contribution < 1.29 is 13.5 Å². The number of benzene rings is 2. The summed E-state index contributed by atoms with van der Waals surface area (Å²) in [6.07, 6.45) is 0. The minimum atomic E-state index is -0.859. The van der Waals surface area contributed by atoms with E-state index in [1.54, 1.807) is 25.3 Å². The fraction of sp³-hybridized carbons (Fsp3) is 0.0667. The Morgan fingerprint density at radius 3 is 2.58 bits per heavy atom. The molecule has 0 spiro atoms. The molecule has 0 aliphatic heterocycles. The fourth-order valence-electron chi connectivity index (χ4n) is 1.99. The lowest BCUT2D eigenvalue weighted by atomic mass is 10.1. The zero-order valence-electron chi connectivity index (χ0n) is 10.1. The minimum Gasteiger partial charge on any atom is -0.496 e. The van der Waals surface area contributed by atoms with E-state index in [0.29, 0.717) is 16.7 Å². The van der Waals surface area contributed by atoms with E-state index in [1.807, 2.05) is 6.07 Å². The smallest absolute Gasteiger partial charge is 0.160 e. The molecule has 3 rings (SSSR count). The molecule has 2 nitrogen and oxygen atoms in total. The molecule has 0 atom stereocenters. The summed E-state index contributed by atoms with van der Waals surface area (Å²) in [4.78, 5) is 3.05. The SMILES string of the molecule is COc1[c]cc(-c2cc3cc(F)c(F)cc3[nH]2)cc1. The van der Waals surface area contributed by atoms with Gasteiger partial charge in [-0.05, 0) is 35.9 Å². The maximum absolute atomic E-state index is 13.1. The number of fused-ring (bicyclic) bond motifs is 1. The zero-order chi connectivity index (χ0) is 13.4. The van der Waals surface area contributed by atoms with Crippen molar-refractivity contribution in [3.63, 3.8) is 0 Å². The van der Waals surface area contributed by atoms with Gasteiger partial charge in [0.1, 0.15) is 5.75 Å². The highest BCUT2D eigenvalue weighted by Crippen LogP contribution is 2.26. The first-order valence-electron chi connectivity index (χ1n) is 5.71. The predicted octanol–water partition coefficient (Wildman–Crippen LogP) is 3.92. The van der Waals surface area contributed by atoms with Crippen LogP contribution in [0.2, 0.25) is 0 Å². The number of nitrogens with one attached hydrogen (secondary N) is 1. The van der Waals surface area contributed by atoms with Crippen molar-refractivity contribution in [3.05, 3.63) is 54.1 Å². The minimum absolute atomic E-state index is 0.560. The molecule has 0 unspecified atom stereocenters. The molecule has 19 heavy (non-hydrogen) atoms. The number of H-pyrrole nitrogens is 1. The van der Waals surface area contributed by atoms with E-state index in [4.69, 9.17) is 4.74 Å². The van der Waals surface area contributed by atoms with Gasteiger partial charge in [-0.3, -0.25) is 0 Å². The molecule has 1 aromatic heterocycles. The summed E-state index contributed by atoms with van der Waals surface area (Å²) in [5, 5.41) is 0.629. The van der Waals surface area contributed by atoms with Gasteiger partial charge in [0.2, 0.25) is 0 Å². The molecule has 1 heterocycles. The van der Waals surface area contributed by atoms with Gasteiger partial charge >= 0.3 is 0 Å². The Kier molecular flexibility index (Phi) is 2.71. The molecular formula is C15H10F2NO. The van der Waals surface area contributed by atoms with Crippen LogP contribution in [0.1, 0.15) is 0 Å². The van der Waals surface area contributed by atoms with E-state index >= 15 is 0 Å². The van der Waals surface area contributed by atoms with Crippen LogP contribution in [0.3, 0.4) is 0 Å². The van der Waals surface area contributed by atoms with Crippen LogP contribution in [-0.2, 0) is 0 Å². The summed E-state index contributed by atoms with van der Waals surface area (Å²) in [6, 6.07) is 12.5. The summed E-state index contributed by atoms with van der Waals surface area (Å²) in [7, 11) is 1.57. The molecular weight excluding hydrogens is 248 g/mol. The van der Waals surface area contributed by atoms with Crippen molar-refractivity contribution in [3.8, 4) is 17.0 Å². The summed E-state index contributed by atoms with van der Waals surface area (Å²) in [5.74, 6) is -1.07. The van der Waals surface area contributed by atoms with E-state index in [1.165, 1.54) is 6.07 Å². The van der Waals surface area contributed by atoms with E-state index < -0.39 is 11.6 Å². The van der Waals surface area contributed by atoms with E-state index in [0.717, 1.165) is 17.3 Å². The zero-order valence-corrected chi connectivity index (χ0v) is 10.1. The van der Waals surface area contributed by atoms with E-state index in [9.17, 15) is 8.78 Å². The molecule has 4 heteroatoms. The van der Waals surface area contributed by atoms with E-state index in [-0.39, 0.29) is 0 Å². The summed E-state index contributed by atoms with van der Waals surface area (Å²) >= 11 is 0. The monoisotopic (exact) mass is 258 g/mol. The third-order valence-corrected chi connectivity index (χ3v) is 2.98. The molecule has 0 fully saturated rings. The van der Waals surface area contributed by atoms with Gasteiger partial charge in [0.25, 0.3) is 0 Å². The predicted molar refractivity (Wildman–Crippen MR) is 69.0 cm³/mol. The average molecular weight is 258 g/mol. The maximum Gasteiger partial charge on any atom is 0.160 e. The first kappa shape index (κ1) is 11.7. The molecule has 0 aliphatic rings. The highest BCUT2D eigenvalue weighted by Gasteiger charge is 2.08. The fourth-order valence-corrected chi connectivity index (χ4v) is 1.99. The molecule has 0 bridgehead atoms. The highest BCUT2D eigenvalue weighted by atomic mass is 19.2. The lowest BCUT2D eigenvalue weighted by molar-refractivity contribution is 0.414. The van der Waals surface area contributed by atoms with Gasteiger partial charge in [-0.15, -0.1) is 0 Å². The van der Waals surface area contributed by atoms with Gasteiger partial charge in [0.05, 0.1) is 7.11 Å². The van der Waals surface area contributed by atoms with Crippen molar-refractivity contribution >= 4 is 10.9 Å². The number of halogens is 2. The maximum atomic E-state index is 13.1. The lowest BCUT2D eigenvalue weighted by Crippen LogP contribution is -1.83. The van der Waals surface area contributed by atoms with Gasteiger partial charge in [-0.2, -0.15) is 0 Å². The van der Waals surface area contributed by atoms with E-state index in [2.05, 4.69) is 11.1 Å². The van der Waals surface area contributed by atoms with Crippen LogP contribution in [0.25, 0.3) is 22.2 Å². The van der Waals surface area contributed by atoms with Gasteiger partial charge in [0.15, 0.2) is 11.6 Å². The van der Waals surface area contributed by atoms with Crippen molar-refractivity contribution in [2.75, 3.05) is 7.11 Å². The lowest BCUT2D eigenvalue weighted by Gasteiger charge is -2.00. The van der Waals surface area contributed by atoms with Crippen molar-refractivity contribution in [1.82, 2.24) is 4.98 Å². The van der Waals surface area contributed by atoms with Crippen molar-refractivity contribution in [2.24, 2.45) is 0 Å². The molecule has 3 aromatic rings. The van der Waals surface area contributed by atoms with Crippen LogP contribution in [-0.4, -0.2) is 12.1 Å². The third-order valence-electron chi connectivity index (χ3n) is 2.98. The van der Waals surface area contributed by atoms with Crippen LogP contribution in [0, 0.1) is 17.7 Å². The van der Waals surface area contributed by atoms with Crippen LogP contribution < -0.4 is 4.74 Å². The number of aromatic nitrogens is 1. The second kappa shape index (κ2) is 4.39. The van der Waals surface area contributed by atoms with Crippen LogP contribution in [0.4, 0.5) is 8.78 Å². The Morgan fingerprint density at radius 1 is 1.11 bits per heavy atom. The molecule has 0 saturated carbocycles. The number of methoxy groups -OCH3 is 1. The number of hydrogen-bond donors (Lipinski definition) is 1. The summed E-state index contributed by atoms with van der Waals surface area (Å²) in [5.41, 5.74) is 2.21. The number of aromatic amines is 1. The normalized spacial score (nSPS) is 10.9. The topological polar surface area (TPSA) is 25.0 Å². The summed E-state index contributed by atoms with van der Waals surface area (Å²) in [6.45, 7) is 0. The van der Waals surface area contributed by atoms with Crippen molar-refractivity contribution in [2.45, 2.75) is 0 Å². The number of hydrogen-bond acceptors (Lipinski definition) is 1. The highest BCUT2D eigenvalue weighted by molar-refractivity contribution is 5.86. The second-order valence-corrected chi connectivity index (χ2v) is 4.18. The van der Waals surface area contributed by atoms with Crippen molar-refractivity contribution in [1.29, 1.82) is 0 Å². The Labute approximate surface area is 108 Å². The Hall–Kier alpha value is -2.36. The van der Waals surface area contributed by atoms with Gasteiger partial charge in [0, 0.05) is 28.7 Å². The first-order valence-corrected chi connectivity index (χ1v) is 5.71. The van der Waals surface area contributed by atoms with Gasteiger partial charge < -0.3 is 9.72 Å².